The van der Waals surface area contributed by atoms with Gasteiger partial charge >= 0.3 is 0 Å². The third-order valence-corrected chi connectivity index (χ3v) is 2.13. The maximum Gasteiger partial charge on any atom is 0.171 e. The van der Waals surface area contributed by atoms with Gasteiger partial charge < -0.3 is 0 Å². The Hall–Kier alpha value is -0.130. The van der Waals surface area contributed by atoms with Gasteiger partial charge in [0.1, 0.15) is 11.2 Å². The van der Waals surface area contributed by atoms with E-state index in [9.17, 15) is 13.9 Å². The van der Waals surface area contributed by atoms with Crippen LogP contribution in [0.5, 0.6) is 0 Å². The van der Waals surface area contributed by atoms with Gasteiger partial charge in [-0.05, 0) is 6.92 Å². The van der Waals surface area contributed by atoms with Gasteiger partial charge in [-0.3, -0.25) is 13.9 Å². The molecule has 0 unspecified atom stereocenters. The summed E-state index contributed by atoms with van der Waals surface area (Å²) in [5.41, 5.74) is 0. The van der Waals surface area contributed by atoms with Crippen molar-refractivity contribution in [2.75, 3.05) is 0 Å². The zero-order valence-corrected chi connectivity index (χ0v) is 6.69. The van der Waals surface area contributed by atoms with E-state index in [0.717, 1.165) is 0 Å². The molecule has 50 valence electrons. The summed E-state index contributed by atoms with van der Waals surface area (Å²) in [6.07, 6.45) is 0.121. The largest absolute Gasteiger partial charge is 0.300 e. The fourth-order valence-electron chi connectivity index (χ4n) is 0.351. The number of ketones is 1. The van der Waals surface area contributed by atoms with Crippen LogP contribution >= 0.6 is 16.9 Å². The quantitative estimate of drug-likeness (QED) is 0.596. The van der Waals surface area contributed by atoms with E-state index in [1.54, 1.807) is 0 Å². The minimum absolute atomic E-state index is 0.0910. The van der Waals surface area contributed by atoms with E-state index >= 15 is 0 Å². The Morgan fingerprint density at radius 2 is 1.89 bits per heavy atom. The number of Topliss-reactive ketones (excluding diaryl/α,β-unsaturated/α-hetero) is 1. The monoisotopic (exact) mass is 164 g/mol. The fourth-order valence-corrected chi connectivity index (χ4v) is 1.17. The van der Waals surface area contributed by atoms with Crippen LogP contribution in [0, 0.1) is 0 Å². The number of carbonyl (C=O) groups is 1. The van der Waals surface area contributed by atoms with Crippen LogP contribution < -0.4 is 0 Å². The van der Waals surface area contributed by atoms with Gasteiger partial charge in [0.2, 0.25) is 0 Å². The Morgan fingerprint density at radius 1 is 1.44 bits per heavy atom. The molecular formula is C4H6O3P2. The van der Waals surface area contributed by atoms with E-state index in [4.69, 9.17) is 0 Å². The Bertz CT molecular complexity index is 126. The molecule has 0 aliphatic rings. The van der Waals surface area contributed by atoms with Crippen molar-refractivity contribution in [3.63, 3.8) is 0 Å². The minimum Gasteiger partial charge on any atom is -0.300 e. The number of carbonyl (C=O) groups excluding carboxylic acids is 1. The average molecular weight is 164 g/mol. The van der Waals surface area contributed by atoms with E-state index in [0.29, 0.717) is 0 Å². The average Bonchev–Trinajstić information content (AvgIpc) is 1.82. The molecule has 0 aromatic heterocycles. The number of hydrogen-bond acceptors (Lipinski definition) is 3. The van der Waals surface area contributed by atoms with Crippen LogP contribution in [0.1, 0.15) is 13.3 Å². The SMILES string of the molecule is CC(=O)CC(P=O)P=O. The molecule has 0 radical (unpaired) electrons. The molecule has 0 aliphatic carbocycles. The van der Waals surface area contributed by atoms with Gasteiger partial charge in [-0.15, -0.1) is 0 Å². The lowest BCUT2D eigenvalue weighted by Gasteiger charge is -1.91. The zero-order valence-electron chi connectivity index (χ0n) is 4.90. The smallest absolute Gasteiger partial charge is 0.171 e. The molecule has 0 aliphatic heterocycles. The summed E-state index contributed by atoms with van der Waals surface area (Å²) in [4.78, 5) is 10.3. The lowest BCUT2D eigenvalue weighted by atomic mass is 10.3. The van der Waals surface area contributed by atoms with Crippen molar-refractivity contribution in [2.45, 2.75) is 18.7 Å². The van der Waals surface area contributed by atoms with Crippen LogP contribution in [0.15, 0.2) is 0 Å². The van der Waals surface area contributed by atoms with Gasteiger partial charge in [0, 0.05) is 6.42 Å². The second-order valence-electron chi connectivity index (χ2n) is 1.60. The Balaban J connectivity index is 3.68. The van der Waals surface area contributed by atoms with E-state index < -0.39 is 5.40 Å². The van der Waals surface area contributed by atoms with Crippen molar-refractivity contribution in [1.29, 1.82) is 0 Å². The molecule has 0 rings (SSSR count). The summed E-state index contributed by atoms with van der Waals surface area (Å²) in [6, 6.07) is 0. The van der Waals surface area contributed by atoms with Gasteiger partial charge in [-0.2, -0.15) is 0 Å². The summed E-state index contributed by atoms with van der Waals surface area (Å²) < 4.78 is 20.0. The molecule has 5 heteroatoms. The molecule has 0 heterocycles. The van der Waals surface area contributed by atoms with Crippen molar-refractivity contribution >= 4 is 22.7 Å². The summed E-state index contributed by atoms with van der Waals surface area (Å²) >= 11 is 0. The van der Waals surface area contributed by atoms with Crippen LogP contribution in [-0.4, -0.2) is 11.2 Å². The Morgan fingerprint density at radius 3 is 2.00 bits per heavy atom. The molecule has 0 N–H and O–H groups in total. The summed E-state index contributed by atoms with van der Waals surface area (Å²) in [7, 11) is -0.451. The molecular weight excluding hydrogens is 158 g/mol. The van der Waals surface area contributed by atoms with E-state index in [-0.39, 0.29) is 29.1 Å². The number of rotatable bonds is 4. The normalized spacial score (nSPS) is 13.9. The fraction of sp³-hybridized carbons (Fsp3) is 0.750. The molecule has 0 saturated heterocycles. The van der Waals surface area contributed by atoms with Crippen LogP contribution in [0.4, 0.5) is 0 Å². The molecule has 0 aromatic rings. The zero-order chi connectivity index (χ0) is 7.28. The van der Waals surface area contributed by atoms with Gasteiger partial charge in [0.15, 0.2) is 16.9 Å². The van der Waals surface area contributed by atoms with Crippen molar-refractivity contribution in [1.82, 2.24) is 0 Å². The molecule has 9 heavy (non-hydrogen) atoms. The van der Waals surface area contributed by atoms with Crippen LogP contribution in [0.3, 0.4) is 0 Å². The first kappa shape index (κ1) is 8.87. The highest BCUT2D eigenvalue weighted by Gasteiger charge is 2.09. The van der Waals surface area contributed by atoms with Crippen molar-refractivity contribution in [3.8, 4) is 0 Å². The highest BCUT2D eigenvalue weighted by atomic mass is 31.1. The van der Waals surface area contributed by atoms with Crippen molar-refractivity contribution in [2.24, 2.45) is 0 Å². The lowest BCUT2D eigenvalue weighted by molar-refractivity contribution is -0.116. The highest BCUT2D eigenvalue weighted by Crippen LogP contribution is 2.22. The molecule has 0 amide bonds. The number of hydrogen-bond donors (Lipinski definition) is 0. The molecule has 0 aromatic carbocycles. The van der Waals surface area contributed by atoms with Gasteiger partial charge in [-0.1, -0.05) is 0 Å². The van der Waals surface area contributed by atoms with Crippen LogP contribution in [0.2, 0.25) is 0 Å². The molecule has 0 bridgehead atoms. The molecule has 0 atom stereocenters. The minimum atomic E-state index is -0.539. The van der Waals surface area contributed by atoms with E-state index in [1.165, 1.54) is 6.92 Å². The first-order valence-corrected chi connectivity index (χ1v) is 4.11. The molecule has 0 saturated carbocycles. The maximum absolute atomic E-state index is 10.3. The Kier molecular flexibility index (Phi) is 4.65. The second kappa shape index (κ2) is 4.72. The van der Waals surface area contributed by atoms with E-state index in [1.807, 2.05) is 0 Å². The standard InChI is InChI=1S/C4H6O3P2/c1-3(5)2-4(8-6)9-7/h4H,2H2,1H3. The highest BCUT2D eigenvalue weighted by molar-refractivity contribution is 7.44. The second-order valence-corrected chi connectivity index (χ2v) is 3.67. The summed E-state index contributed by atoms with van der Waals surface area (Å²) in [6.45, 7) is 1.38. The molecule has 3 nitrogen and oxygen atoms in total. The third kappa shape index (κ3) is 4.38. The van der Waals surface area contributed by atoms with Crippen molar-refractivity contribution in [3.05, 3.63) is 0 Å². The van der Waals surface area contributed by atoms with Gasteiger partial charge in [0.25, 0.3) is 0 Å². The first-order valence-electron chi connectivity index (χ1n) is 2.35. The maximum atomic E-state index is 10.3. The predicted octanol–water partition coefficient (Wildman–Crippen LogP) is 1.87. The topological polar surface area (TPSA) is 51.2 Å². The molecule has 0 spiro atoms. The third-order valence-electron chi connectivity index (χ3n) is 0.713. The van der Waals surface area contributed by atoms with E-state index in [2.05, 4.69) is 0 Å². The lowest BCUT2D eigenvalue weighted by Crippen LogP contribution is -1.96. The predicted molar refractivity (Wildman–Crippen MR) is 34.3 cm³/mol. The van der Waals surface area contributed by atoms with Crippen LogP contribution in [-0.2, 0) is 13.9 Å². The molecule has 0 fully saturated rings. The van der Waals surface area contributed by atoms with Crippen molar-refractivity contribution < 1.29 is 13.9 Å². The Labute approximate surface area is 56.2 Å². The van der Waals surface area contributed by atoms with Crippen LogP contribution in [0.25, 0.3) is 0 Å². The summed E-state index contributed by atoms with van der Waals surface area (Å²) in [5, 5.41) is -0.539. The summed E-state index contributed by atoms with van der Waals surface area (Å²) in [5.74, 6) is -0.0910. The first-order chi connectivity index (χ1) is 4.20. The van der Waals surface area contributed by atoms with Gasteiger partial charge in [-0.25, -0.2) is 0 Å². The van der Waals surface area contributed by atoms with Gasteiger partial charge in [0.05, 0.1) is 0 Å².